The highest BCUT2D eigenvalue weighted by molar-refractivity contribution is 5.71. The minimum Gasteiger partial charge on any atom is -0.462 e. The highest BCUT2D eigenvalue weighted by Gasteiger charge is 2.19. The molecular weight excluding hydrogens is 877 g/mol. The van der Waals surface area contributed by atoms with Crippen molar-refractivity contribution in [3.05, 3.63) is 0 Å². The summed E-state index contributed by atoms with van der Waals surface area (Å²) in [6.45, 7) is 13.9. The Kier molecular flexibility index (Phi) is 54.9. The number of carbonyl (C=O) groups is 3. The smallest absolute Gasteiger partial charge is 0.306 e. The van der Waals surface area contributed by atoms with E-state index in [0.717, 1.165) is 75.5 Å². The van der Waals surface area contributed by atoms with Crippen LogP contribution in [0.25, 0.3) is 0 Å². The van der Waals surface area contributed by atoms with E-state index >= 15 is 0 Å². The van der Waals surface area contributed by atoms with Crippen molar-refractivity contribution in [2.45, 2.75) is 369 Å². The fourth-order valence-corrected chi connectivity index (χ4v) is 10.00. The summed E-state index contributed by atoms with van der Waals surface area (Å²) in [7, 11) is 0. The Labute approximate surface area is 444 Å². The fourth-order valence-electron chi connectivity index (χ4n) is 10.00. The van der Waals surface area contributed by atoms with Crippen LogP contribution < -0.4 is 0 Å². The summed E-state index contributed by atoms with van der Waals surface area (Å²) in [4.78, 5) is 38.3. The van der Waals surface area contributed by atoms with E-state index in [1.807, 2.05) is 0 Å². The molecule has 0 saturated heterocycles. The number of hydrogen-bond donors (Lipinski definition) is 0. The summed E-state index contributed by atoms with van der Waals surface area (Å²) >= 11 is 0. The van der Waals surface area contributed by atoms with E-state index in [0.29, 0.717) is 19.3 Å². The van der Waals surface area contributed by atoms with Crippen molar-refractivity contribution in [1.82, 2.24) is 0 Å². The molecule has 0 aliphatic carbocycles. The van der Waals surface area contributed by atoms with Crippen LogP contribution in [0.3, 0.4) is 0 Å². The van der Waals surface area contributed by atoms with Crippen LogP contribution in [0.1, 0.15) is 363 Å². The van der Waals surface area contributed by atoms with Gasteiger partial charge in [0.2, 0.25) is 0 Å². The Bertz CT molecular complexity index is 1110. The number of hydrogen-bond acceptors (Lipinski definition) is 6. The maximum atomic E-state index is 12.9. The fraction of sp³-hybridized carbons (Fsp3) is 0.954. The van der Waals surface area contributed by atoms with Crippen molar-refractivity contribution in [1.29, 1.82) is 0 Å². The lowest BCUT2D eigenvalue weighted by Gasteiger charge is -2.18. The molecule has 0 radical (unpaired) electrons. The summed E-state index contributed by atoms with van der Waals surface area (Å²) in [5, 5.41) is 0. The van der Waals surface area contributed by atoms with E-state index in [9.17, 15) is 14.4 Å². The molecule has 0 fully saturated rings. The van der Waals surface area contributed by atoms with Crippen LogP contribution >= 0.6 is 0 Å². The average molecular weight is 1000 g/mol. The molecular formula is C65H126O6. The molecule has 0 heterocycles. The summed E-state index contributed by atoms with van der Waals surface area (Å²) < 4.78 is 16.9. The minimum absolute atomic E-state index is 0.0630. The van der Waals surface area contributed by atoms with Crippen LogP contribution in [0.4, 0.5) is 0 Å². The number of unbranched alkanes of at least 4 members (excludes halogenated alkanes) is 39. The third-order valence-corrected chi connectivity index (χ3v) is 15.6. The maximum Gasteiger partial charge on any atom is 0.306 e. The number of rotatable bonds is 58. The van der Waals surface area contributed by atoms with Gasteiger partial charge in [-0.2, -0.15) is 0 Å². The summed E-state index contributed by atoms with van der Waals surface area (Å²) in [5.74, 6) is 1.77. The second kappa shape index (κ2) is 56.1. The lowest BCUT2D eigenvalue weighted by atomic mass is 9.99. The molecule has 0 bridgehead atoms. The molecule has 0 N–H and O–H groups in total. The lowest BCUT2D eigenvalue weighted by molar-refractivity contribution is -0.167. The van der Waals surface area contributed by atoms with Gasteiger partial charge in [0.05, 0.1) is 0 Å². The van der Waals surface area contributed by atoms with Crippen LogP contribution in [-0.2, 0) is 28.6 Å². The first-order valence-electron chi connectivity index (χ1n) is 32.2. The Morgan fingerprint density at radius 2 is 0.493 bits per heavy atom. The van der Waals surface area contributed by atoms with Crippen molar-refractivity contribution in [2.24, 2.45) is 17.8 Å². The third-order valence-electron chi connectivity index (χ3n) is 15.6. The molecule has 71 heavy (non-hydrogen) atoms. The van der Waals surface area contributed by atoms with E-state index < -0.39 is 6.10 Å². The molecule has 0 aromatic carbocycles. The van der Waals surface area contributed by atoms with E-state index in [1.54, 1.807) is 0 Å². The van der Waals surface area contributed by atoms with Crippen molar-refractivity contribution >= 4 is 17.9 Å². The molecule has 6 nitrogen and oxygen atoms in total. The van der Waals surface area contributed by atoms with Crippen molar-refractivity contribution < 1.29 is 28.6 Å². The SMILES string of the molecule is CCC(C)CCCCCCCCCCCCCCCCCCCCC(=O)OC[C@@H](COC(=O)CCCCCCCCCCC(C)CC)OC(=O)CCCCCCCCCCCCCCCCCCC(C)C. The zero-order valence-corrected chi connectivity index (χ0v) is 49.0. The van der Waals surface area contributed by atoms with Gasteiger partial charge in [-0.3, -0.25) is 14.4 Å². The summed E-state index contributed by atoms with van der Waals surface area (Å²) in [6, 6.07) is 0. The van der Waals surface area contributed by atoms with Crippen molar-refractivity contribution in [3.8, 4) is 0 Å². The standard InChI is InChI=1S/C65H126O6/c1-7-60(5)52-46-40-34-28-24-20-16-11-9-10-12-17-21-25-29-36-42-48-54-63(66)69-57-62(58-70-64(67)55-49-43-37-32-31-35-41-47-53-61(6)8-2)71-65(68)56-50-44-38-30-26-22-18-14-13-15-19-23-27-33-39-45-51-59(3)4/h59-62H,7-58H2,1-6H3/t60?,61?,62-/m0/s1. The first-order valence-corrected chi connectivity index (χ1v) is 32.2. The van der Waals surface area contributed by atoms with Gasteiger partial charge in [-0.15, -0.1) is 0 Å². The molecule has 6 heteroatoms. The van der Waals surface area contributed by atoms with Gasteiger partial charge < -0.3 is 14.2 Å². The number of ether oxygens (including phenoxy) is 3. The maximum absolute atomic E-state index is 12.9. The second-order valence-corrected chi connectivity index (χ2v) is 23.4. The summed E-state index contributed by atoms with van der Waals surface area (Å²) in [6.07, 6.45) is 61.0. The predicted molar refractivity (Wildman–Crippen MR) is 307 cm³/mol. The van der Waals surface area contributed by atoms with Gasteiger partial charge >= 0.3 is 17.9 Å². The van der Waals surface area contributed by atoms with E-state index in [4.69, 9.17) is 14.2 Å². The Morgan fingerprint density at radius 1 is 0.282 bits per heavy atom. The van der Waals surface area contributed by atoms with Crippen LogP contribution in [0.5, 0.6) is 0 Å². The van der Waals surface area contributed by atoms with Crippen LogP contribution in [-0.4, -0.2) is 37.2 Å². The largest absolute Gasteiger partial charge is 0.462 e. The molecule has 0 aromatic rings. The second-order valence-electron chi connectivity index (χ2n) is 23.4. The van der Waals surface area contributed by atoms with Gasteiger partial charge in [-0.25, -0.2) is 0 Å². The van der Waals surface area contributed by atoms with E-state index in [-0.39, 0.29) is 31.1 Å². The average Bonchev–Trinajstić information content (AvgIpc) is 3.36. The minimum atomic E-state index is -0.765. The Hall–Kier alpha value is -1.59. The third kappa shape index (κ3) is 56.0. The highest BCUT2D eigenvalue weighted by atomic mass is 16.6. The van der Waals surface area contributed by atoms with Crippen LogP contribution in [0, 0.1) is 17.8 Å². The molecule has 422 valence electrons. The predicted octanol–water partition coefficient (Wildman–Crippen LogP) is 21.5. The van der Waals surface area contributed by atoms with Gasteiger partial charge in [-0.05, 0) is 37.0 Å². The number of carbonyl (C=O) groups excluding carboxylic acids is 3. The van der Waals surface area contributed by atoms with Gasteiger partial charge in [0.1, 0.15) is 13.2 Å². The highest BCUT2D eigenvalue weighted by Crippen LogP contribution is 2.20. The van der Waals surface area contributed by atoms with Crippen LogP contribution in [0.15, 0.2) is 0 Å². The molecule has 2 unspecified atom stereocenters. The Morgan fingerprint density at radius 3 is 0.732 bits per heavy atom. The molecule has 0 rings (SSSR count). The van der Waals surface area contributed by atoms with Gasteiger partial charge in [-0.1, -0.05) is 324 Å². The molecule has 0 amide bonds. The van der Waals surface area contributed by atoms with E-state index in [1.165, 1.54) is 244 Å². The monoisotopic (exact) mass is 1000 g/mol. The van der Waals surface area contributed by atoms with Gasteiger partial charge in [0.25, 0.3) is 0 Å². The first-order chi connectivity index (χ1) is 34.7. The molecule has 0 aliphatic rings. The molecule has 0 saturated carbocycles. The molecule has 3 atom stereocenters. The van der Waals surface area contributed by atoms with Crippen molar-refractivity contribution in [2.75, 3.05) is 13.2 Å². The number of esters is 3. The van der Waals surface area contributed by atoms with Crippen LogP contribution in [0.2, 0.25) is 0 Å². The zero-order chi connectivity index (χ0) is 51.9. The normalized spacial score (nSPS) is 12.9. The van der Waals surface area contributed by atoms with Gasteiger partial charge in [0.15, 0.2) is 6.10 Å². The zero-order valence-electron chi connectivity index (χ0n) is 49.0. The molecule has 0 aliphatic heterocycles. The van der Waals surface area contributed by atoms with Gasteiger partial charge in [0, 0.05) is 19.3 Å². The van der Waals surface area contributed by atoms with Crippen molar-refractivity contribution in [3.63, 3.8) is 0 Å². The summed E-state index contributed by atoms with van der Waals surface area (Å²) in [5.41, 5.74) is 0. The molecule has 0 spiro atoms. The first kappa shape index (κ1) is 69.4. The quantitative estimate of drug-likeness (QED) is 0.0343. The Balaban J connectivity index is 4.24. The lowest BCUT2D eigenvalue weighted by Crippen LogP contribution is -2.30. The molecule has 0 aromatic heterocycles. The topological polar surface area (TPSA) is 78.9 Å². The van der Waals surface area contributed by atoms with E-state index in [2.05, 4.69) is 41.5 Å².